The number of allylic oxidation sites excluding steroid dienone is 3. The standard InChI is InChI=1S/C26H32F3NO/c1-19(21-8-6-20(7-9-21)5-3-2-4-18-30)22-10-12-23(13-11-22)24-14-16-25(17-15-24)31-26(27,28)29/h2,4,14-17,20-23H,1,3,5-13H2/b4-2+. The molecule has 2 aliphatic carbocycles. The van der Waals surface area contributed by atoms with Gasteiger partial charge in [0.25, 0.3) is 0 Å². The van der Waals surface area contributed by atoms with E-state index in [0.717, 1.165) is 43.6 Å². The number of halogens is 3. The van der Waals surface area contributed by atoms with Crippen LogP contribution in [0.4, 0.5) is 13.2 Å². The molecule has 0 unspecified atom stereocenters. The summed E-state index contributed by atoms with van der Waals surface area (Å²) in [7, 11) is 0. The van der Waals surface area contributed by atoms with E-state index in [-0.39, 0.29) is 5.75 Å². The van der Waals surface area contributed by atoms with E-state index in [1.54, 1.807) is 18.2 Å². The quantitative estimate of drug-likeness (QED) is 0.323. The summed E-state index contributed by atoms with van der Waals surface area (Å²) < 4.78 is 41.0. The summed E-state index contributed by atoms with van der Waals surface area (Å²) in [5, 5.41) is 8.56. The number of hydrogen-bond donors (Lipinski definition) is 0. The molecule has 0 atom stereocenters. The molecule has 168 valence electrons. The van der Waals surface area contributed by atoms with E-state index in [2.05, 4.69) is 11.3 Å². The van der Waals surface area contributed by atoms with E-state index in [1.807, 2.05) is 12.1 Å². The van der Waals surface area contributed by atoms with Gasteiger partial charge in [0.1, 0.15) is 5.75 Å². The van der Waals surface area contributed by atoms with E-state index >= 15 is 0 Å². The number of ether oxygens (including phenoxy) is 1. The predicted octanol–water partition coefficient (Wildman–Crippen LogP) is 8.08. The zero-order valence-corrected chi connectivity index (χ0v) is 18.0. The summed E-state index contributed by atoms with van der Waals surface area (Å²) in [6.07, 6.45) is 10.4. The van der Waals surface area contributed by atoms with Gasteiger partial charge in [-0.15, -0.1) is 13.2 Å². The lowest BCUT2D eigenvalue weighted by Gasteiger charge is -2.36. The molecule has 2 nitrogen and oxygen atoms in total. The Morgan fingerprint density at radius 2 is 1.58 bits per heavy atom. The average molecular weight is 432 g/mol. The van der Waals surface area contributed by atoms with Gasteiger partial charge in [0.05, 0.1) is 6.07 Å². The van der Waals surface area contributed by atoms with Crippen molar-refractivity contribution < 1.29 is 17.9 Å². The van der Waals surface area contributed by atoms with Crippen molar-refractivity contribution in [1.82, 2.24) is 0 Å². The van der Waals surface area contributed by atoms with Crippen LogP contribution in [0.1, 0.15) is 75.7 Å². The summed E-state index contributed by atoms with van der Waals surface area (Å²) in [5.74, 6) is 2.22. The zero-order valence-electron chi connectivity index (χ0n) is 18.0. The summed E-state index contributed by atoms with van der Waals surface area (Å²) in [4.78, 5) is 0. The van der Waals surface area contributed by atoms with Crippen LogP contribution in [0, 0.1) is 29.1 Å². The Morgan fingerprint density at radius 1 is 1.00 bits per heavy atom. The van der Waals surface area contributed by atoms with Gasteiger partial charge < -0.3 is 4.74 Å². The van der Waals surface area contributed by atoms with Crippen molar-refractivity contribution in [3.05, 3.63) is 54.1 Å². The van der Waals surface area contributed by atoms with Crippen LogP contribution in [0.25, 0.3) is 0 Å². The highest BCUT2D eigenvalue weighted by Gasteiger charge is 2.32. The van der Waals surface area contributed by atoms with Crippen molar-refractivity contribution in [1.29, 1.82) is 5.26 Å². The summed E-state index contributed by atoms with van der Waals surface area (Å²) >= 11 is 0. The summed E-state index contributed by atoms with van der Waals surface area (Å²) in [6, 6.07) is 8.43. The van der Waals surface area contributed by atoms with Crippen LogP contribution in [0.3, 0.4) is 0 Å². The molecule has 0 spiro atoms. The van der Waals surface area contributed by atoms with Gasteiger partial charge in [-0.3, -0.25) is 0 Å². The molecule has 5 heteroatoms. The number of nitrogens with zero attached hydrogens (tertiary/aromatic N) is 1. The number of rotatable bonds is 7. The van der Waals surface area contributed by atoms with Crippen molar-refractivity contribution in [2.75, 3.05) is 0 Å². The lowest BCUT2D eigenvalue weighted by atomic mass is 9.69. The lowest BCUT2D eigenvalue weighted by Crippen LogP contribution is -2.22. The van der Waals surface area contributed by atoms with Gasteiger partial charge >= 0.3 is 6.36 Å². The molecule has 2 fully saturated rings. The first-order chi connectivity index (χ1) is 14.9. The maximum atomic E-state index is 12.3. The third-order valence-electron chi connectivity index (χ3n) is 7.14. The molecule has 1 aromatic carbocycles. The number of nitriles is 1. The van der Waals surface area contributed by atoms with Crippen LogP contribution >= 0.6 is 0 Å². The fourth-order valence-electron chi connectivity index (χ4n) is 5.36. The molecule has 0 bridgehead atoms. The van der Waals surface area contributed by atoms with Crippen molar-refractivity contribution in [2.24, 2.45) is 17.8 Å². The molecule has 0 aliphatic heterocycles. The maximum Gasteiger partial charge on any atom is 0.573 e. The largest absolute Gasteiger partial charge is 0.573 e. The first kappa shape index (κ1) is 23.4. The average Bonchev–Trinajstić information content (AvgIpc) is 2.76. The van der Waals surface area contributed by atoms with Gasteiger partial charge in [0.2, 0.25) is 0 Å². The fraction of sp³-hybridized carbons (Fsp3) is 0.577. The maximum absolute atomic E-state index is 12.3. The van der Waals surface area contributed by atoms with Crippen LogP contribution in [-0.2, 0) is 0 Å². The van der Waals surface area contributed by atoms with Gasteiger partial charge in [-0.25, -0.2) is 0 Å². The first-order valence-corrected chi connectivity index (χ1v) is 11.4. The molecule has 0 heterocycles. The smallest absolute Gasteiger partial charge is 0.406 e. The molecule has 3 rings (SSSR count). The van der Waals surface area contributed by atoms with Crippen LogP contribution in [0.5, 0.6) is 5.75 Å². The highest BCUT2D eigenvalue weighted by atomic mass is 19.4. The van der Waals surface area contributed by atoms with Crippen molar-refractivity contribution in [2.45, 2.75) is 76.5 Å². The van der Waals surface area contributed by atoms with Gasteiger partial charge in [-0.05, 0) is 106 Å². The Kier molecular flexibility index (Phi) is 8.23. The molecular weight excluding hydrogens is 399 g/mol. The number of hydrogen-bond acceptors (Lipinski definition) is 2. The van der Waals surface area contributed by atoms with Crippen molar-refractivity contribution >= 4 is 0 Å². The minimum atomic E-state index is -4.65. The topological polar surface area (TPSA) is 33.0 Å². The molecule has 2 saturated carbocycles. The van der Waals surface area contributed by atoms with E-state index in [4.69, 9.17) is 5.26 Å². The van der Waals surface area contributed by atoms with E-state index in [9.17, 15) is 13.2 Å². The minimum absolute atomic E-state index is 0.157. The molecule has 0 radical (unpaired) electrons. The SMILES string of the molecule is C=C(C1CCC(CC/C=C/C#N)CC1)C1CCC(c2ccc(OC(F)(F)F)cc2)CC1. The Labute approximate surface area is 183 Å². The normalized spacial score (nSPS) is 27.0. The van der Waals surface area contributed by atoms with Crippen LogP contribution < -0.4 is 4.74 Å². The molecule has 2 aliphatic rings. The highest BCUT2D eigenvalue weighted by Crippen LogP contribution is 2.44. The van der Waals surface area contributed by atoms with E-state index < -0.39 is 6.36 Å². The number of benzene rings is 1. The Hall–Kier alpha value is -2.22. The molecule has 1 aromatic rings. The second kappa shape index (κ2) is 10.9. The van der Waals surface area contributed by atoms with Crippen molar-refractivity contribution in [3.8, 4) is 11.8 Å². The van der Waals surface area contributed by atoms with Crippen LogP contribution in [-0.4, -0.2) is 6.36 Å². The monoisotopic (exact) mass is 431 g/mol. The highest BCUT2D eigenvalue weighted by molar-refractivity contribution is 5.30. The van der Waals surface area contributed by atoms with Gasteiger partial charge in [-0.1, -0.05) is 30.4 Å². The third-order valence-corrected chi connectivity index (χ3v) is 7.14. The zero-order chi connectivity index (χ0) is 22.3. The molecule has 0 saturated heterocycles. The number of alkyl halides is 3. The fourth-order valence-corrected chi connectivity index (χ4v) is 5.36. The predicted molar refractivity (Wildman–Crippen MR) is 116 cm³/mol. The van der Waals surface area contributed by atoms with Gasteiger partial charge in [0, 0.05) is 6.08 Å². The first-order valence-electron chi connectivity index (χ1n) is 11.4. The summed E-state index contributed by atoms with van der Waals surface area (Å²) in [6.45, 7) is 4.49. The van der Waals surface area contributed by atoms with Crippen molar-refractivity contribution in [3.63, 3.8) is 0 Å². The molecule has 0 amide bonds. The van der Waals surface area contributed by atoms with Crippen LogP contribution in [0.15, 0.2) is 48.6 Å². The van der Waals surface area contributed by atoms with E-state index in [0.29, 0.717) is 17.8 Å². The Balaban J connectivity index is 1.42. The van der Waals surface area contributed by atoms with Crippen LogP contribution in [0.2, 0.25) is 0 Å². The third kappa shape index (κ3) is 7.16. The molecule has 31 heavy (non-hydrogen) atoms. The second-order valence-electron chi connectivity index (χ2n) is 9.07. The Morgan fingerprint density at radius 3 is 2.13 bits per heavy atom. The lowest BCUT2D eigenvalue weighted by molar-refractivity contribution is -0.274. The minimum Gasteiger partial charge on any atom is -0.406 e. The molecule has 0 aromatic heterocycles. The van der Waals surface area contributed by atoms with Gasteiger partial charge in [0.15, 0.2) is 0 Å². The molecular formula is C26H32F3NO. The second-order valence-corrected chi connectivity index (χ2v) is 9.07. The summed E-state index contributed by atoms with van der Waals surface area (Å²) in [5.41, 5.74) is 2.53. The Bertz CT molecular complexity index is 774. The molecule has 0 N–H and O–H groups in total. The van der Waals surface area contributed by atoms with E-state index in [1.165, 1.54) is 49.8 Å². The van der Waals surface area contributed by atoms with Gasteiger partial charge in [-0.2, -0.15) is 5.26 Å².